The Morgan fingerprint density at radius 1 is 1.06 bits per heavy atom. The Labute approximate surface area is 111 Å². The van der Waals surface area contributed by atoms with Crippen molar-refractivity contribution in [1.82, 2.24) is 0 Å². The van der Waals surface area contributed by atoms with E-state index in [4.69, 9.17) is 27.9 Å². The lowest BCUT2D eigenvalue weighted by molar-refractivity contribution is 0.479. The number of hydrogen-bond donors (Lipinski definition) is 0. The number of ether oxygens (including phenoxy) is 1. The van der Waals surface area contributed by atoms with Gasteiger partial charge in [-0.2, -0.15) is 0 Å². The zero-order valence-corrected chi connectivity index (χ0v) is 10.9. The lowest BCUT2D eigenvalue weighted by Crippen LogP contribution is -1.88. The molecular weight excluding hydrogens is 255 g/mol. The van der Waals surface area contributed by atoms with Crippen LogP contribution < -0.4 is 4.74 Å². The minimum Gasteiger partial charge on any atom is -0.457 e. The first-order chi connectivity index (χ1) is 8.19. The Morgan fingerprint density at radius 3 is 2.41 bits per heavy atom. The van der Waals surface area contributed by atoms with Crippen molar-refractivity contribution in [1.29, 1.82) is 0 Å². The molecule has 0 aliphatic heterocycles. The van der Waals surface area contributed by atoms with Crippen molar-refractivity contribution in [3.8, 4) is 11.5 Å². The van der Waals surface area contributed by atoms with Gasteiger partial charge in [0.2, 0.25) is 0 Å². The van der Waals surface area contributed by atoms with Crippen LogP contribution in [0.15, 0.2) is 42.5 Å². The SMILES string of the molecule is Cc1ccc(Cl)cc1Oc1ccc(CCl)cc1. The summed E-state index contributed by atoms with van der Waals surface area (Å²) >= 11 is 11.7. The van der Waals surface area contributed by atoms with Crippen LogP contribution in [0.5, 0.6) is 11.5 Å². The Bertz CT molecular complexity index is 506. The monoisotopic (exact) mass is 266 g/mol. The smallest absolute Gasteiger partial charge is 0.131 e. The van der Waals surface area contributed by atoms with E-state index in [1.807, 2.05) is 49.4 Å². The normalized spacial score (nSPS) is 10.3. The predicted octanol–water partition coefficient (Wildman–Crippen LogP) is 5.18. The molecule has 0 bridgehead atoms. The summed E-state index contributed by atoms with van der Waals surface area (Å²) in [7, 11) is 0. The molecule has 2 aromatic carbocycles. The van der Waals surface area contributed by atoms with Crippen molar-refractivity contribution in [3.05, 3.63) is 58.6 Å². The van der Waals surface area contributed by atoms with Crippen LogP contribution in [-0.4, -0.2) is 0 Å². The molecule has 0 radical (unpaired) electrons. The van der Waals surface area contributed by atoms with Crippen molar-refractivity contribution in [3.63, 3.8) is 0 Å². The second kappa shape index (κ2) is 5.44. The zero-order valence-electron chi connectivity index (χ0n) is 9.41. The summed E-state index contributed by atoms with van der Waals surface area (Å²) < 4.78 is 5.76. The van der Waals surface area contributed by atoms with Gasteiger partial charge in [0.25, 0.3) is 0 Å². The molecule has 0 saturated carbocycles. The summed E-state index contributed by atoms with van der Waals surface area (Å²) in [5, 5.41) is 0.669. The van der Waals surface area contributed by atoms with Gasteiger partial charge in [0.05, 0.1) is 0 Å². The summed E-state index contributed by atoms with van der Waals surface area (Å²) in [6, 6.07) is 13.3. The molecule has 3 heteroatoms. The van der Waals surface area contributed by atoms with Crippen molar-refractivity contribution in [2.24, 2.45) is 0 Å². The van der Waals surface area contributed by atoms with Gasteiger partial charge in [-0.1, -0.05) is 29.8 Å². The van der Waals surface area contributed by atoms with Crippen molar-refractivity contribution < 1.29 is 4.74 Å². The van der Waals surface area contributed by atoms with E-state index in [0.29, 0.717) is 10.9 Å². The van der Waals surface area contributed by atoms with E-state index in [1.54, 1.807) is 0 Å². The lowest BCUT2D eigenvalue weighted by atomic mass is 10.2. The fourth-order valence-corrected chi connectivity index (χ4v) is 1.80. The van der Waals surface area contributed by atoms with E-state index >= 15 is 0 Å². The topological polar surface area (TPSA) is 9.23 Å². The van der Waals surface area contributed by atoms with E-state index in [-0.39, 0.29) is 0 Å². The van der Waals surface area contributed by atoms with E-state index in [1.165, 1.54) is 0 Å². The Kier molecular flexibility index (Phi) is 3.93. The molecule has 0 amide bonds. The van der Waals surface area contributed by atoms with Gasteiger partial charge >= 0.3 is 0 Å². The van der Waals surface area contributed by atoms with Gasteiger partial charge in [-0.05, 0) is 42.3 Å². The van der Waals surface area contributed by atoms with Gasteiger partial charge in [0.15, 0.2) is 0 Å². The van der Waals surface area contributed by atoms with Crippen LogP contribution in [0.4, 0.5) is 0 Å². The van der Waals surface area contributed by atoms with E-state index in [2.05, 4.69) is 0 Å². The lowest BCUT2D eigenvalue weighted by Gasteiger charge is -2.09. The molecule has 17 heavy (non-hydrogen) atoms. The number of alkyl halides is 1. The van der Waals surface area contributed by atoms with Crippen LogP contribution in [0.1, 0.15) is 11.1 Å². The molecular formula is C14H12Cl2O. The van der Waals surface area contributed by atoms with Gasteiger partial charge in [0.1, 0.15) is 11.5 Å². The second-order valence-electron chi connectivity index (χ2n) is 3.79. The Balaban J connectivity index is 2.22. The molecule has 0 N–H and O–H groups in total. The predicted molar refractivity (Wildman–Crippen MR) is 72.3 cm³/mol. The highest BCUT2D eigenvalue weighted by Gasteiger charge is 2.02. The number of halogens is 2. The summed E-state index contributed by atoms with van der Waals surface area (Å²) in [5.41, 5.74) is 2.12. The minimum absolute atomic E-state index is 0.510. The molecule has 2 aromatic rings. The number of rotatable bonds is 3. The van der Waals surface area contributed by atoms with Crippen LogP contribution in [-0.2, 0) is 5.88 Å². The maximum atomic E-state index is 5.93. The van der Waals surface area contributed by atoms with Crippen molar-refractivity contribution in [2.45, 2.75) is 12.8 Å². The Hall–Kier alpha value is -1.18. The fraction of sp³-hybridized carbons (Fsp3) is 0.143. The highest BCUT2D eigenvalue weighted by atomic mass is 35.5. The molecule has 0 atom stereocenters. The number of hydrogen-bond acceptors (Lipinski definition) is 1. The molecule has 0 fully saturated rings. The third-order valence-electron chi connectivity index (χ3n) is 2.46. The largest absolute Gasteiger partial charge is 0.457 e. The van der Waals surface area contributed by atoms with Crippen LogP contribution >= 0.6 is 23.2 Å². The second-order valence-corrected chi connectivity index (χ2v) is 4.49. The third kappa shape index (κ3) is 3.15. The van der Waals surface area contributed by atoms with Gasteiger partial charge in [-0.15, -0.1) is 11.6 Å². The van der Waals surface area contributed by atoms with Crippen LogP contribution in [0, 0.1) is 6.92 Å². The first-order valence-electron chi connectivity index (χ1n) is 5.28. The maximum Gasteiger partial charge on any atom is 0.131 e. The molecule has 88 valence electrons. The third-order valence-corrected chi connectivity index (χ3v) is 3.00. The van der Waals surface area contributed by atoms with Crippen LogP contribution in [0.3, 0.4) is 0 Å². The van der Waals surface area contributed by atoms with Gasteiger partial charge in [-0.25, -0.2) is 0 Å². The molecule has 0 aromatic heterocycles. The number of benzene rings is 2. The zero-order chi connectivity index (χ0) is 12.3. The first-order valence-corrected chi connectivity index (χ1v) is 6.19. The van der Waals surface area contributed by atoms with Crippen LogP contribution in [0.25, 0.3) is 0 Å². The van der Waals surface area contributed by atoms with Gasteiger partial charge in [-0.3, -0.25) is 0 Å². The summed E-state index contributed by atoms with van der Waals surface area (Å²) in [6.45, 7) is 1.98. The summed E-state index contributed by atoms with van der Waals surface area (Å²) in [5.74, 6) is 2.07. The highest BCUT2D eigenvalue weighted by molar-refractivity contribution is 6.30. The molecule has 2 rings (SSSR count). The molecule has 0 aliphatic carbocycles. The van der Waals surface area contributed by atoms with E-state index in [9.17, 15) is 0 Å². The first kappa shape index (κ1) is 12.3. The average molecular weight is 267 g/mol. The van der Waals surface area contributed by atoms with Gasteiger partial charge < -0.3 is 4.74 Å². The molecule has 0 saturated heterocycles. The summed E-state index contributed by atoms with van der Waals surface area (Å²) in [4.78, 5) is 0. The van der Waals surface area contributed by atoms with Crippen molar-refractivity contribution in [2.75, 3.05) is 0 Å². The average Bonchev–Trinajstić information content (AvgIpc) is 2.35. The van der Waals surface area contributed by atoms with Crippen LogP contribution in [0.2, 0.25) is 5.02 Å². The number of aryl methyl sites for hydroxylation is 1. The molecule has 0 unspecified atom stereocenters. The molecule has 0 aliphatic rings. The molecule has 0 spiro atoms. The highest BCUT2D eigenvalue weighted by Crippen LogP contribution is 2.28. The quantitative estimate of drug-likeness (QED) is 0.696. The molecule has 1 nitrogen and oxygen atoms in total. The standard InChI is InChI=1S/C14H12Cl2O/c1-10-2-5-12(16)8-14(10)17-13-6-3-11(9-15)4-7-13/h2-8H,9H2,1H3. The fourth-order valence-electron chi connectivity index (χ4n) is 1.46. The Morgan fingerprint density at radius 2 is 1.76 bits per heavy atom. The molecule has 0 heterocycles. The maximum absolute atomic E-state index is 5.93. The minimum atomic E-state index is 0.510. The summed E-state index contributed by atoms with van der Waals surface area (Å²) in [6.07, 6.45) is 0. The van der Waals surface area contributed by atoms with E-state index < -0.39 is 0 Å². The van der Waals surface area contributed by atoms with Crippen molar-refractivity contribution >= 4 is 23.2 Å². The van der Waals surface area contributed by atoms with Gasteiger partial charge in [0, 0.05) is 10.9 Å². The van der Waals surface area contributed by atoms with E-state index in [0.717, 1.165) is 22.6 Å².